The predicted molar refractivity (Wildman–Crippen MR) is 111 cm³/mol. The van der Waals surface area contributed by atoms with Gasteiger partial charge in [-0.3, -0.25) is 4.79 Å². The van der Waals surface area contributed by atoms with Gasteiger partial charge in [0.2, 0.25) is 0 Å². The summed E-state index contributed by atoms with van der Waals surface area (Å²) < 4.78 is 10.7. The van der Waals surface area contributed by atoms with Crippen molar-refractivity contribution in [1.82, 2.24) is 0 Å². The zero-order valence-corrected chi connectivity index (χ0v) is 16.4. The van der Waals surface area contributed by atoms with E-state index in [2.05, 4.69) is 5.32 Å². The van der Waals surface area contributed by atoms with Crippen molar-refractivity contribution in [1.29, 1.82) is 5.26 Å². The molecule has 3 aromatic rings. The molecule has 150 valence electrons. The normalized spacial score (nSPS) is 10.9. The van der Waals surface area contributed by atoms with Gasteiger partial charge in [-0.25, -0.2) is 4.79 Å². The molecule has 0 aliphatic rings. The molecule has 0 aliphatic heterocycles. The van der Waals surface area contributed by atoms with E-state index in [0.717, 1.165) is 0 Å². The van der Waals surface area contributed by atoms with Crippen LogP contribution in [0.25, 0.3) is 17.4 Å². The molecule has 30 heavy (non-hydrogen) atoms. The Kier molecular flexibility index (Phi) is 6.20. The van der Waals surface area contributed by atoms with E-state index >= 15 is 0 Å². The van der Waals surface area contributed by atoms with Gasteiger partial charge in [0.1, 0.15) is 28.9 Å². The fraction of sp³-hybridized carbons (Fsp3) is 0.0455. The molecule has 1 heterocycles. The summed E-state index contributed by atoms with van der Waals surface area (Å²) in [4.78, 5) is 23.4. The van der Waals surface area contributed by atoms with E-state index in [1.807, 2.05) is 6.07 Å². The minimum Gasteiger partial charge on any atom is -0.497 e. The highest BCUT2D eigenvalue weighted by Crippen LogP contribution is 2.28. The number of benzene rings is 2. The largest absolute Gasteiger partial charge is 0.497 e. The van der Waals surface area contributed by atoms with Gasteiger partial charge in [-0.15, -0.1) is 0 Å². The van der Waals surface area contributed by atoms with Gasteiger partial charge in [-0.05, 0) is 48.5 Å². The van der Waals surface area contributed by atoms with Crippen LogP contribution < -0.4 is 10.1 Å². The van der Waals surface area contributed by atoms with E-state index in [1.54, 1.807) is 42.5 Å². The quantitative estimate of drug-likeness (QED) is 0.433. The smallest absolute Gasteiger partial charge is 0.337 e. The highest BCUT2D eigenvalue weighted by atomic mass is 35.5. The molecule has 0 saturated heterocycles. The molecule has 7 nitrogen and oxygen atoms in total. The molecular formula is C22H15ClN2O5. The van der Waals surface area contributed by atoms with Crippen molar-refractivity contribution in [3.05, 3.63) is 76.5 Å². The first-order valence-corrected chi connectivity index (χ1v) is 8.99. The zero-order chi connectivity index (χ0) is 21.7. The van der Waals surface area contributed by atoms with Crippen LogP contribution in [0.2, 0.25) is 5.02 Å². The van der Waals surface area contributed by atoms with E-state index in [-0.39, 0.29) is 21.9 Å². The van der Waals surface area contributed by atoms with Crippen molar-refractivity contribution in [3.63, 3.8) is 0 Å². The molecule has 0 radical (unpaired) electrons. The molecule has 2 aromatic carbocycles. The molecule has 2 N–H and O–H groups in total. The maximum Gasteiger partial charge on any atom is 0.337 e. The van der Waals surface area contributed by atoms with E-state index in [1.165, 1.54) is 25.3 Å². The fourth-order valence-corrected chi connectivity index (χ4v) is 2.85. The number of carboxylic acid groups (broad SMARTS) is 1. The molecule has 0 spiro atoms. The number of nitriles is 1. The minimum absolute atomic E-state index is 0.0194. The minimum atomic E-state index is -1.13. The number of ether oxygens (including phenoxy) is 1. The number of hydrogen-bond donors (Lipinski definition) is 2. The summed E-state index contributed by atoms with van der Waals surface area (Å²) in [5.74, 6) is -0.382. The number of nitrogens with zero attached hydrogens (tertiary/aromatic N) is 1. The average Bonchev–Trinajstić information content (AvgIpc) is 3.20. The number of carboxylic acids is 1. The lowest BCUT2D eigenvalue weighted by Crippen LogP contribution is -2.13. The highest BCUT2D eigenvalue weighted by Gasteiger charge is 2.14. The predicted octanol–water partition coefficient (Wildman–Crippen LogP) is 4.85. The SMILES string of the molecule is COc1ccc(NC(=O)/C(C#N)=C\c2ccc(-c3ccc(C(=O)O)c(Cl)c3)o2)cc1. The number of rotatable bonds is 6. The second-order valence-corrected chi connectivity index (χ2v) is 6.46. The van der Waals surface area contributed by atoms with Gasteiger partial charge < -0.3 is 19.6 Å². The van der Waals surface area contributed by atoms with Gasteiger partial charge in [-0.1, -0.05) is 17.7 Å². The lowest BCUT2D eigenvalue weighted by atomic mass is 10.1. The van der Waals surface area contributed by atoms with Crippen molar-refractivity contribution in [2.24, 2.45) is 0 Å². The lowest BCUT2D eigenvalue weighted by molar-refractivity contribution is -0.112. The van der Waals surface area contributed by atoms with Crippen molar-refractivity contribution in [2.45, 2.75) is 0 Å². The van der Waals surface area contributed by atoms with Gasteiger partial charge in [0, 0.05) is 17.3 Å². The van der Waals surface area contributed by atoms with Crippen LogP contribution in [0, 0.1) is 11.3 Å². The summed E-state index contributed by atoms with van der Waals surface area (Å²) >= 11 is 5.99. The van der Waals surface area contributed by atoms with Gasteiger partial charge in [0.25, 0.3) is 5.91 Å². The van der Waals surface area contributed by atoms with E-state index < -0.39 is 11.9 Å². The molecule has 0 saturated carbocycles. The Hall–Kier alpha value is -4.02. The third kappa shape index (κ3) is 4.69. The van der Waals surface area contributed by atoms with Crippen LogP contribution in [0.3, 0.4) is 0 Å². The fourth-order valence-electron chi connectivity index (χ4n) is 2.59. The van der Waals surface area contributed by atoms with Crippen LogP contribution in [-0.2, 0) is 4.79 Å². The second kappa shape index (κ2) is 8.99. The average molecular weight is 423 g/mol. The van der Waals surface area contributed by atoms with Gasteiger partial charge in [0.15, 0.2) is 0 Å². The first-order chi connectivity index (χ1) is 14.4. The maximum atomic E-state index is 12.4. The molecule has 1 aromatic heterocycles. The van der Waals surface area contributed by atoms with Crippen LogP contribution in [0.15, 0.2) is 64.6 Å². The third-order valence-corrected chi connectivity index (χ3v) is 4.42. The number of amides is 1. The summed E-state index contributed by atoms with van der Waals surface area (Å²) in [6, 6.07) is 16.2. The van der Waals surface area contributed by atoms with Crippen LogP contribution in [0.1, 0.15) is 16.1 Å². The number of anilines is 1. The summed E-state index contributed by atoms with van der Waals surface area (Å²) in [5, 5.41) is 21.1. The summed E-state index contributed by atoms with van der Waals surface area (Å²) in [7, 11) is 1.54. The Bertz CT molecular complexity index is 1170. The van der Waals surface area contributed by atoms with Gasteiger partial charge in [0.05, 0.1) is 17.7 Å². The molecule has 0 bridgehead atoms. The molecule has 0 atom stereocenters. The molecule has 0 aliphatic carbocycles. The second-order valence-electron chi connectivity index (χ2n) is 6.05. The Morgan fingerprint density at radius 3 is 2.50 bits per heavy atom. The number of furan rings is 1. The van der Waals surface area contributed by atoms with Gasteiger partial charge >= 0.3 is 5.97 Å². The third-order valence-electron chi connectivity index (χ3n) is 4.11. The number of carbonyl (C=O) groups excluding carboxylic acids is 1. The van der Waals surface area contributed by atoms with Crippen LogP contribution in [-0.4, -0.2) is 24.1 Å². The van der Waals surface area contributed by atoms with Crippen LogP contribution in [0.5, 0.6) is 5.75 Å². The van der Waals surface area contributed by atoms with Crippen LogP contribution >= 0.6 is 11.6 Å². The number of hydrogen-bond acceptors (Lipinski definition) is 5. The first-order valence-electron chi connectivity index (χ1n) is 8.61. The molecule has 1 amide bonds. The maximum absolute atomic E-state index is 12.4. The lowest BCUT2D eigenvalue weighted by Gasteiger charge is -2.05. The van der Waals surface area contributed by atoms with Crippen molar-refractivity contribution < 1.29 is 23.8 Å². The summed E-state index contributed by atoms with van der Waals surface area (Å²) in [6.45, 7) is 0. The number of nitrogens with one attached hydrogen (secondary N) is 1. The topological polar surface area (TPSA) is 113 Å². The molecule has 0 fully saturated rings. The summed E-state index contributed by atoms with van der Waals surface area (Å²) in [5.41, 5.74) is 0.904. The van der Waals surface area contributed by atoms with Crippen LogP contribution in [0.4, 0.5) is 5.69 Å². The molecular weight excluding hydrogens is 408 g/mol. The van der Waals surface area contributed by atoms with E-state index in [0.29, 0.717) is 22.8 Å². The Morgan fingerprint density at radius 2 is 1.90 bits per heavy atom. The first kappa shape index (κ1) is 20.7. The molecule has 0 unspecified atom stereocenters. The van der Waals surface area contributed by atoms with Crippen molar-refractivity contribution >= 4 is 35.2 Å². The summed E-state index contributed by atoms with van der Waals surface area (Å²) in [6.07, 6.45) is 1.32. The zero-order valence-electron chi connectivity index (χ0n) is 15.7. The Labute approximate surface area is 176 Å². The number of carbonyl (C=O) groups is 2. The number of halogens is 1. The number of aromatic carboxylic acids is 1. The van der Waals surface area contributed by atoms with E-state index in [4.69, 9.17) is 25.9 Å². The standard InChI is InChI=1S/C22H15ClN2O5/c1-29-16-5-3-15(4-6-16)25-21(26)14(12-24)10-17-7-9-20(30-17)13-2-8-18(22(27)28)19(23)11-13/h2-11H,1H3,(H,25,26)(H,27,28)/b14-10-. The number of methoxy groups -OCH3 is 1. The van der Waals surface area contributed by atoms with Crippen molar-refractivity contribution in [2.75, 3.05) is 12.4 Å². The highest BCUT2D eigenvalue weighted by molar-refractivity contribution is 6.33. The van der Waals surface area contributed by atoms with Crippen molar-refractivity contribution in [3.8, 4) is 23.1 Å². The molecule has 8 heteroatoms. The Morgan fingerprint density at radius 1 is 1.17 bits per heavy atom. The van der Waals surface area contributed by atoms with E-state index in [9.17, 15) is 14.9 Å². The Balaban J connectivity index is 1.79. The van der Waals surface area contributed by atoms with Gasteiger partial charge in [-0.2, -0.15) is 5.26 Å². The monoisotopic (exact) mass is 422 g/mol. The molecule has 3 rings (SSSR count).